The van der Waals surface area contributed by atoms with Crippen LogP contribution in [-0.4, -0.2) is 105 Å². The van der Waals surface area contributed by atoms with Crippen molar-refractivity contribution in [1.29, 1.82) is 0 Å². The Morgan fingerprint density at radius 2 is 1.57 bits per heavy atom. The van der Waals surface area contributed by atoms with Gasteiger partial charge in [0.25, 0.3) is 5.91 Å². The van der Waals surface area contributed by atoms with Crippen molar-refractivity contribution in [2.24, 2.45) is 11.8 Å². The standard InChI is InChI=1S/C37H53N5O4.C2HF3O2/c1-4-5-14-30-26-42(25-29-12-8-6-9-13-29)36(44)46-37(30)19-23-40(24-20-37)31-17-21-41(22-18-31)34(43)33-27(2)38-35(39-28(33)3)45-32-15-10-7-11-16-32;3-2(4,5)1(6)7/h7,10-11,15-16,29-31H,4-6,8-9,12-14,17-26H2,1-3H3;(H,6,7). The van der Waals surface area contributed by atoms with Crippen LogP contribution in [0.4, 0.5) is 18.0 Å². The number of likely N-dealkylation sites (tertiary alicyclic amines) is 2. The maximum atomic E-state index is 13.6. The molecule has 1 saturated carbocycles. The third kappa shape index (κ3) is 10.4. The lowest BCUT2D eigenvalue weighted by atomic mass is 9.75. The lowest BCUT2D eigenvalue weighted by molar-refractivity contribution is -0.192. The largest absolute Gasteiger partial charge is 0.490 e. The van der Waals surface area contributed by atoms with Gasteiger partial charge in [0.05, 0.1) is 17.0 Å². The molecule has 53 heavy (non-hydrogen) atoms. The Morgan fingerprint density at radius 3 is 2.13 bits per heavy atom. The van der Waals surface area contributed by atoms with Gasteiger partial charge in [-0.05, 0) is 64.0 Å². The average molecular weight is 746 g/mol. The molecular formula is C39H54F3N5O6. The molecule has 1 aromatic carbocycles. The number of carbonyl (C=O) groups is 3. The van der Waals surface area contributed by atoms with Crippen LogP contribution in [0.1, 0.15) is 106 Å². The maximum Gasteiger partial charge on any atom is 0.490 e. The molecule has 1 unspecified atom stereocenters. The second kappa shape index (κ2) is 17.9. The Hall–Kier alpha value is -3.94. The predicted molar refractivity (Wildman–Crippen MR) is 192 cm³/mol. The van der Waals surface area contributed by atoms with Crippen LogP contribution in [0.15, 0.2) is 30.3 Å². The van der Waals surface area contributed by atoms with Gasteiger partial charge in [0, 0.05) is 64.1 Å². The van der Waals surface area contributed by atoms with Crippen molar-refractivity contribution in [2.75, 3.05) is 39.3 Å². The van der Waals surface area contributed by atoms with E-state index in [1.165, 1.54) is 44.9 Å². The van der Waals surface area contributed by atoms with Gasteiger partial charge in [0.15, 0.2) is 0 Å². The quantitative estimate of drug-likeness (QED) is 0.274. The van der Waals surface area contributed by atoms with Crippen LogP contribution in [0.5, 0.6) is 11.8 Å². The highest BCUT2D eigenvalue weighted by Crippen LogP contribution is 2.42. The highest BCUT2D eigenvalue weighted by atomic mass is 19.4. The number of hydrogen-bond donors (Lipinski definition) is 1. The fraction of sp³-hybridized carbons (Fsp3) is 0.667. The van der Waals surface area contributed by atoms with Crippen LogP contribution >= 0.6 is 0 Å². The molecule has 2 amide bonds. The van der Waals surface area contributed by atoms with Crippen LogP contribution in [0, 0.1) is 25.7 Å². The van der Waals surface area contributed by atoms with E-state index >= 15 is 0 Å². The van der Waals surface area contributed by atoms with Crippen molar-refractivity contribution >= 4 is 18.0 Å². The smallest absolute Gasteiger partial charge is 0.475 e. The van der Waals surface area contributed by atoms with Crippen molar-refractivity contribution in [3.8, 4) is 11.8 Å². The lowest BCUT2D eigenvalue weighted by Crippen LogP contribution is -2.61. The fourth-order valence-electron chi connectivity index (χ4n) is 8.47. The minimum Gasteiger partial charge on any atom is -0.475 e. The molecule has 4 heterocycles. The zero-order chi connectivity index (χ0) is 38.2. The van der Waals surface area contributed by atoms with Crippen LogP contribution in [0.2, 0.25) is 0 Å². The number of halogens is 3. The molecule has 1 atom stereocenters. The summed E-state index contributed by atoms with van der Waals surface area (Å²) in [6.45, 7) is 11.0. The molecule has 3 saturated heterocycles. The summed E-state index contributed by atoms with van der Waals surface area (Å²) in [5, 5.41) is 7.12. The number of carboxylic acids is 1. The SMILES string of the molecule is CCCCC1CN(CC2CCCCC2)C(=O)OC12CCN(C1CCN(C(=O)c3c(C)nc(Oc4ccccc4)nc3C)CC1)CC2.O=C(O)C(F)(F)F. The first-order valence-corrected chi connectivity index (χ1v) is 19.2. The number of aliphatic carboxylic acids is 1. The number of carbonyl (C=O) groups excluding carboxylic acids is 2. The molecule has 1 N–H and O–H groups in total. The molecule has 1 spiro atoms. The molecule has 0 bridgehead atoms. The van der Waals surface area contributed by atoms with Gasteiger partial charge in [-0.25, -0.2) is 9.59 Å². The number of ether oxygens (including phenoxy) is 2. The zero-order valence-electron chi connectivity index (χ0n) is 31.2. The number of benzene rings is 1. The molecule has 11 nitrogen and oxygen atoms in total. The molecule has 1 aromatic heterocycles. The second-order valence-electron chi connectivity index (χ2n) is 15.0. The van der Waals surface area contributed by atoms with E-state index in [2.05, 4.69) is 26.7 Å². The van der Waals surface area contributed by atoms with Gasteiger partial charge in [0.2, 0.25) is 0 Å². The van der Waals surface area contributed by atoms with Gasteiger partial charge >= 0.3 is 24.2 Å². The van der Waals surface area contributed by atoms with Crippen LogP contribution in [0.25, 0.3) is 0 Å². The van der Waals surface area contributed by atoms with E-state index in [0.717, 1.165) is 71.4 Å². The molecule has 4 fully saturated rings. The highest BCUT2D eigenvalue weighted by Gasteiger charge is 2.50. The number of carboxylic acid groups (broad SMARTS) is 1. The first-order valence-electron chi connectivity index (χ1n) is 19.2. The number of alkyl halides is 3. The Bertz CT molecular complexity index is 1510. The highest BCUT2D eigenvalue weighted by molar-refractivity contribution is 5.96. The molecular weight excluding hydrogens is 691 g/mol. The van der Waals surface area contributed by atoms with E-state index in [-0.39, 0.29) is 23.6 Å². The Morgan fingerprint density at radius 1 is 0.962 bits per heavy atom. The molecule has 6 rings (SSSR count). The fourth-order valence-corrected chi connectivity index (χ4v) is 8.47. The van der Waals surface area contributed by atoms with Gasteiger partial charge in [-0.3, -0.25) is 9.69 Å². The number of hydrogen-bond acceptors (Lipinski definition) is 8. The number of para-hydroxylation sites is 1. The molecule has 3 aliphatic heterocycles. The average Bonchev–Trinajstić information content (AvgIpc) is 3.13. The third-order valence-corrected chi connectivity index (χ3v) is 11.4. The van der Waals surface area contributed by atoms with Gasteiger partial charge in [0.1, 0.15) is 11.4 Å². The monoisotopic (exact) mass is 745 g/mol. The Kier molecular flexibility index (Phi) is 13.6. The molecule has 1 aliphatic carbocycles. The van der Waals surface area contributed by atoms with Crippen molar-refractivity contribution < 1.29 is 42.1 Å². The number of amides is 2. The van der Waals surface area contributed by atoms with E-state index in [9.17, 15) is 22.8 Å². The molecule has 0 radical (unpaired) electrons. The minimum absolute atomic E-state index is 0.00275. The summed E-state index contributed by atoms with van der Waals surface area (Å²) in [7, 11) is 0. The molecule has 14 heteroatoms. The summed E-state index contributed by atoms with van der Waals surface area (Å²) >= 11 is 0. The van der Waals surface area contributed by atoms with Crippen LogP contribution < -0.4 is 4.74 Å². The van der Waals surface area contributed by atoms with Gasteiger partial charge in [-0.2, -0.15) is 23.1 Å². The Balaban J connectivity index is 0.000000705. The van der Waals surface area contributed by atoms with Crippen molar-refractivity contribution in [3.63, 3.8) is 0 Å². The number of aryl methyl sites for hydroxylation is 2. The normalized spacial score (nSPS) is 21.5. The minimum atomic E-state index is -5.08. The lowest BCUT2D eigenvalue weighted by Gasteiger charge is -2.52. The number of aromatic nitrogens is 2. The number of nitrogens with zero attached hydrogens (tertiary/aromatic N) is 5. The first-order chi connectivity index (χ1) is 25.3. The first kappa shape index (κ1) is 40.2. The molecule has 4 aliphatic rings. The molecule has 292 valence electrons. The van der Waals surface area contributed by atoms with Crippen molar-refractivity contribution in [1.82, 2.24) is 24.7 Å². The maximum absolute atomic E-state index is 13.6. The van der Waals surface area contributed by atoms with Crippen LogP contribution in [-0.2, 0) is 9.53 Å². The van der Waals surface area contributed by atoms with E-state index in [0.29, 0.717) is 40.6 Å². The van der Waals surface area contributed by atoms with E-state index < -0.39 is 12.1 Å². The number of piperidine rings is 2. The van der Waals surface area contributed by atoms with Crippen molar-refractivity contribution in [3.05, 3.63) is 47.3 Å². The summed E-state index contributed by atoms with van der Waals surface area (Å²) in [5.41, 5.74) is 1.54. The van der Waals surface area contributed by atoms with E-state index in [4.69, 9.17) is 19.4 Å². The summed E-state index contributed by atoms with van der Waals surface area (Å²) in [6.07, 6.45) is 8.47. The van der Waals surface area contributed by atoms with Gasteiger partial charge < -0.3 is 24.4 Å². The van der Waals surface area contributed by atoms with Crippen LogP contribution in [0.3, 0.4) is 0 Å². The number of rotatable bonds is 9. The molecule has 2 aromatic rings. The van der Waals surface area contributed by atoms with E-state index in [1.54, 1.807) is 0 Å². The summed E-state index contributed by atoms with van der Waals surface area (Å²) in [6, 6.07) is 10.2. The predicted octanol–water partition coefficient (Wildman–Crippen LogP) is 7.80. The third-order valence-electron chi connectivity index (χ3n) is 11.4. The second-order valence-corrected chi connectivity index (χ2v) is 15.0. The number of unbranched alkanes of at least 4 members (excludes halogenated alkanes) is 1. The van der Waals surface area contributed by atoms with Gasteiger partial charge in [-0.1, -0.05) is 57.2 Å². The summed E-state index contributed by atoms with van der Waals surface area (Å²) in [4.78, 5) is 51.5. The van der Waals surface area contributed by atoms with Gasteiger partial charge in [-0.15, -0.1) is 0 Å². The Labute approximate surface area is 310 Å². The summed E-state index contributed by atoms with van der Waals surface area (Å²) in [5.74, 6) is -1.04. The van der Waals surface area contributed by atoms with E-state index in [1.807, 2.05) is 49.1 Å². The summed E-state index contributed by atoms with van der Waals surface area (Å²) < 4.78 is 44.0. The van der Waals surface area contributed by atoms with Crippen molar-refractivity contribution in [2.45, 2.75) is 116 Å². The topological polar surface area (TPSA) is 125 Å². The zero-order valence-corrected chi connectivity index (χ0v) is 31.2.